The van der Waals surface area contributed by atoms with Crippen molar-refractivity contribution in [3.8, 4) is 0 Å². The molecule has 1 N–H and O–H groups in total. The van der Waals surface area contributed by atoms with Crippen LogP contribution in [0.4, 0.5) is 5.82 Å². The highest BCUT2D eigenvalue weighted by Gasteiger charge is 2.26. The summed E-state index contributed by atoms with van der Waals surface area (Å²) in [5.74, 6) is 1.78. The van der Waals surface area contributed by atoms with E-state index in [1.54, 1.807) is 0 Å². The quantitative estimate of drug-likeness (QED) is 0.835. The van der Waals surface area contributed by atoms with E-state index in [0.717, 1.165) is 46.7 Å². The Bertz CT molecular complexity index is 425. The van der Waals surface area contributed by atoms with E-state index in [9.17, 15) is 0 Å². The third-order valence-electron chi connectivity index (χ3n) is 3.10. The highest BCUT2D eigenvalue weighted by atomic mass is 127. The molecule has 0 spiro atoms. The number of nitrogens with zero attached hydrogens (tertiary/aromatic N) is 2. The SMILES string of the molecule is CCCNc1nc(C2CCC(C)O2)nc(C)c1I. The third-order valence-corrected chi connectivity index (χ3v) is 4.39. The van der Waals surface area contributed by atoms with E-state index in [2.05, 4.69) is 51.7 Å². The monoisotopic (exact) mass is 361 g/mol. The topological polar surface area (TPSA) is 47.0 Å². The van der Waals surface area contributed by atoms with Crippen LogP contribution in [0.2, 0.25) is 0 Å². The van der Waals surface area contributed by atoms with Crippen molar-refractivity contribution in [2.75, 3.05) is 11.9 Å². The van der Waals surface area contributed by atoms with Gasteiger partial charge in [0.2, 0.25) is 0 Å². The van der Waals surface area contributed by atoms with Gasteiger partial charge in [-0.3, -0.25) is 0 Å². The van der Waals surface area contributed by atoms with E-state index in [1.807, 2.05) is 6.92 Å². The van der Waals surface area contributed by atoms with Gasteiger partial charge in [-0.05, 0) is 55.7 Å². The summed E-state index contributed by atoms with van der Waals surface area (Å²) in [6.45, 7) is 7.22. The van der Waals surface area contributed by atoms with Crippen molar-refractivity contribution in [1.29, 1.82) is 0 Å². The van der Waals surface area contributed by atoms with Gasteiger partial charge in [0.1, 0.15) is 11.9 Å². The van der Waals surface area contributed by atoms with E-state index in [1.165, 1.54) is 0 Å². The number of rotatable bonds is 4. The molecule has 0 radical (unpaired) electrons. The zero-order chi connectivity index (χ0) is 13.1. The molecule has 1 aliphatic rings. The van der Waals surface area contributed by atoms with Gasteiger partial charge in [-0.2, -0.15) is 0 Å². The zero-order valence-corrected chi connectivity index (χ0v) is 13.3. The zero-order valence-electron chi connectivity index (χ0n) is 11.2. The lowest BCUT2D eigenvalue weighted by atomic mass is 10.2. The predicted octanol–water partition coefficient (Wildman–Crippen LogP) is 3.45. The van der Waals surface area contributed by atoms with Crippen LogP contribution in [-0.2, 0) is 4.74 Å². The van der Waals surface area contributed by atoms with Crippen LogP contribution in [0.5, 0.6) is 0 Å². The standard InChI is InChI=1S/C13H20IN3O/c1-4-7-15-13-11(14)9(3)16-12(17-13)10-6-5-8(2)18-10/h8,10H,4-7H2,1-3H3,(H,15,16,17). The van der Waals surface area contributed by atoms with Gasteiger partial charge in [-0.1, -0.05) is 6.92 Å². The molecule has 0 saturated carbocycles. The number of anilines is 1. The van der Waals surface area contributed by atoms with Crippen LogP contribution in [-0.4, -0.2) is 22.6 Å². The first-order valence-electron chi connectivity index (χ1n) is 6.55. The molecule has 2 atom stereocenters. The summed E-state index contributed by atoms with van der Waals surface area (Å²) in [5.41, 5.74) is 1.03. The predicted molar refractivity (Wildman–Crippen MR) is 80.8 cm³/mol. The van der Waals surface area contributed by atoms with Crippen molar-refractivity contribution >= 4 is 28.4 Å². The van der Waals surface area contributed by atoms with Gasteiger partial charge >= 0.3 is 0 Å². The molecule has 5 heteroatoms. The minimum atomic E-state index is 0.0675. The molecular weight excluding hydrogens is 341 g/mol. The molecule has 1 saturated heterocycles. The summed E-state index contributed by atoms with van der Waals surface area (Å²) in [7, 11) is 0. The molecule has 2 heterocycles. The lowest BCUT2D eigenvalue weighted by Crippen LogP contribution is -2.12. The second-order valence-corrected chi connectivity index (χ2v) is 5.85. The maximum atomic E-state index is 5.85. The van der Waals surface area contributed by atoms with E-state index in [4.69, 9.17) is 4.74 Å². The van der Waals surface area contributed by atoms with Crippen LogP contribution >= 0.6 is 22.6 Å². The highest BCUT2D eigenvalue weighted by molar-refractivity contribution is 14.1. The van der Waals surface area contributed by atoms with Gasteiger partial charge in [-0.25, -0.2) is 9.97 Å². The van der Waals surface area contributed by atoms with Gasteiger partial charge in [-0.15, -0.1) is 0 Å². The molecule has 1 aliphatic heterocycles. The van der Waals surface area contributed by atoms with Crippen molar-refractivity contribution in [3.05, 3.63) is 15.1 Å². The van der Waals surface area contributed by atoms with E-state index >= 15 is 0 Å². The first-order valence-corrected chi connectivity index (χ1v) is 7.63. The largest absolute Gasteiger partial charge is 0.369 e. The highest BCUT2D eigenvalue weighted by Crippen LogP contribution is 2.32. The number of nitrogens with one attached hydrogen (secondary N) is 1. The molecule has 18 heavy (non-hydrogen) atoms. The Balaban J connectivity index is 2.23. The number of ether oxygens (including phenoxy) is 1. The molecular formula is C13H20IN3O. The molecule has 0 bridgehead atoms. The Kier molecular flexibility index (Phi) is 4.77. The van der Waals surface area contributed by atoms with Crippen molar-refractivity contribution in [2.24, 2.45) is 0 Å². The maximum Gasteiger partial charge on any atom is 0.159 e. The molecule has 100 valence electrons. The Labute approximate surface area is 122 Å². The molecule has 0 amide bonds. The van der Waals surface area contributed by atoms with Gasteiger partial charge < -0.3 is 10.1 Å². The van der Waals surface area contributed by atoms with Crippen molar-refractivity contribution in [1.82, 2.24) is 9.97 Å². The number of aryl methyl sites for hydroxylation is 1. The van der Waals surface area contributed by atoms with Crippen LogP contribution in [0, 0.1) is 10.5 Å². The molecule has 1 aromatic rings. The van der Waals surface area contributed by atoms with Crippen LogP contribution in [0.3, 0.4) is 0 Å². The van der Waals surface area contributed by atoms with Crippen LogP contribution in [0.15, 0.2) is 0 Å². The fourth-order valence-electron chi connectivity index (χ4n) is 2.08. The smallest absolute Gasteiger partial charge is 0.159 e. The Morgan fingerprint density at radius 1 is 1.39 bits per heavy atom. The number of hydrogen-bond acceptors (Lipinski definition) is 4. The summed E-state index contributed by atoms with van der Waals surface area (Å²) in [6, 6.07) is 0. The fraction of sp³-hybridized carbons (Fsp3) is 0.692. The first kappa shape index (κ1) is 14.0. The molecule has 2 rings (SSSR count). The van der Waals surface area contributed by atoms with Crippen LogP contribution in [0.25, 0.3) is 0 Å². The molecule has 4 nitrogen and oxygen atoms in total. The summed E-state index contributed by atoms with van der Waals surface area (Å²) in [4.78, 5) is 9.21. The van der Waals surface area contributed by atoms with Crippen molar-refractivity contribution in [2.45, 2.75) is 52.2 Å². The fourth-order valence-corrected chi connectivity index (χ4v) is 2.51. The normalized spacial score (nSPS) is 23.3. The Morgan fingerprint density at radius 3 is 2.78 bits per heavy atom. The molecule has 0 aromatic carbocycles. The molecule has 0 aliphatic carbocycles. The minimum absolute atomic E-state index is 0.0675. The summed E-state index contributed by atoms with van der Waals surface area (Å²) >= 11 is 2.30. The van der Waals surface area contributed by atoms with Gasteiger partial charge in [0.25, 0.3) is 0 Å². The third kappa shape index (κ3) is 3.12. The van der Waals surface area contributed by atoms with Gasteiger partial charge in [0.15, 0.2) is 5.82 Å². The second kappa shape index (κ2) is 6.14. The van der Waals surface area contributed by atoms with Crippen molar-refractivity contribution in [3.63, 3.8) is 0 Å². The number of halogens is 1. The first-order chi connectivity index (χ1) is 8.61. The maximum absolute atomic E-state index is 5.85. The number of aromatic nitrogens is 2. The van der Waals surface area contributed by atoms with Gasteiger partial charge in [0, 0.05) is 6.54 Å². The Hall–Kier alpha value is -0.430. The molecule has 1 aromatic heterocycles. The van der Waals surface area contributed by atoms with E-state index in [-0.39, 0.29) is 6.10 Å². The van der Waals surface area contributed by atoms with E-state index in [0.29, 0.717) is 6.10 Å². The average Bonchev–Trinajstić information content (AvgIpc) is 2.77. The second-order valence-electron chi connectivity index (χ2n) is 4.77. The minimum Gasteiger partial charge on any atom is -0.369 e. The summed E-state index contributed by atoms with van der Waals surface area (Å²) < 4.78 is 6.95. The summed E-state index contributed by atoms with van der Waals surface area (Å²) in [5, 5.41) is 3.36. The Morgan fingerprint density at radius 2 is 2.17 bits per heavy atom. The van der Waals surface area contributed by atoms with Gasteiger partial charge in [0.05, 0.1) is 15.4 Å². The summed E-state index contributed by atoms with van der Waals surface area (Å²) in [6.07, 6.45) is 3.60. The molecule has 2 unspecified atom stereocenters. The van der Waals surface area contributed by atoms with Crippen molar-refractivity contribution < 1.29 is 4.74 Å². The van der Waals surface area contributed by atoms with Crippen LogP contribution < -0.4 is 5.32 Å². The average molecular weight is 361 g/mol. The lowest BCUT2D eigenvalue weighted by Gasteiger charge is -2.14. The number of hydrogen-bond donors (Lipinski definition) is 1. The van der Waals surface area contributed by atoms with E-state index < -0.39 is 0 Å². The van der Waals surface area contributed by atoms with Crippen LogP contribution in [0.1, 0.15) is 50.7 Å². The molecule has 1 fully saturated rings. The lowest BCUT2D eigenvalue weighted by molar-refractivity contribution is 0.0502.